The first-order valence-electron chi connectivity index (χ1n) is 9.45. The molecule has 3 heterocycles. The number of nitrogens with one attached hydrogen (secondary N) is 2. The van der Waals surface area contributed by atoms with E-state index in [4.69, 9.17) is 17.0 Å². The SMILES string of the molecule is COCCNC(=S)Nc1ccc2ncc(-c3cnn(Cc4ccccc4)c3)nc2n1. The van der Waals surface area contributed by atoms with Crippen LogP contribution in [0, 0.1) is 0 Å². The number of thiocarbonyl (C=S) groups is 1. The molecule has 4 aromatic rings. The predicted molar refractivity (Wildman–Crippen MR) is 120 cm³/mol. The number of benzene rings is 1. The van der Waals surface area contributed by atoms with Crippen LogP contribution in [0.2, 0.25) is 0 Å². The Kier molecular flexibility index (Phi) is 6.21. The van der Waals surface area contributed by atoms with Crippen molar-refractivity contribution in [3.63, 3.8) is 0 Å². The fourth-order valence-corrected chi connectivity index (χ4v) is 3.09. The van der Waals surface area contributed by atoms with Crippen molar-refractivity contribution in [3.8, 4) is 11.3 Å². The quantitative estimate of drug-likeness (QED) is 0.349. The molecule has 30 heavy (non-hydrogen) atoms. The summed E-state index contributed by atoms with van der Waals surface area (Å²) >= 11 is 5.27. The molecule has 0 saturated heterocycles. The molecule has 0 amide bonds. The average Bonchev–Trinajstić information content (AvgIpc) is 3.22. The molecule has 0 unspecified atom stereocenters. The lowest BCUT2D eigenvalue weighted by Gasteiger charge is -2.09. The first kappa shape index (κ1) is 19.9. The molecule has 3 aromatic heterocycles. The molecule has 4 rings (SSSR count). The van der Waals surface area contributed by atoms with Gasteiger partial charge < -0.3 is 15.4 Å². The lowest BCUT2D eigenvalue weighted by atomic mass is 10.2. The zero-order valence-electron chi connectivity index (χ0n) is 16.4. The van der Waals surface area contributed by atoms with Crippen LogP contribution < -0.4 is 10.6 Å². The highest BCUT2D eigenvalue weighted by Gasteiger charge is 2.08. The van der Waals surface area contributed by atoms with E-state index in [0.717, 1.165) is 5.56 Å². The van der Waals surface area contributed by atoms with Crippen LogP contribution in [-0.4, -0.2) is 50.1 Å². The Hall–Kier alpha value is -3.43. The van der Waals surface area contributed by atoms with Gasteiger partial charge in [0.2, 0.25) is 0 Å². The maximum absolute atomic E-state index is 5.27. The molecule has 0 atom stereocenters. The van der Waals surface area contributed by atoms with Gasteiger partial charge in [-0.1, -0.05) is 30.3 Å². The summed E-state index contributed by atoms with van der Waals surface area (Å²) in [5.41, 5.74) is 4.03. The molecule has 1 aromatic carbocycles. The van der Waals surface area contributed by atoms with Crippen molar-refractivity contribution < 1.29 is 4.74 Å². The molecule has 0 saturated carbocycles. The van der Waals surface area contributed by atoms with Gasteiger partial charge in [-0.3, -0.25) is 9.67 Å². The minimum atomic E-state index is 0.477. The van der Waals surface area contributed by atoms with E-state index in [-0.39, 0.29) is 0 Å². The Balaban J connectivity index is 1.50. The third-order valence-corrected chi connectivity index (χ3v) is 4.60. The number of hydrogen-bond acceptors (Lipinski definition) is 6. The first-order valence-corrected chi connectivity index (χ1v) is 9.86. The van der Waals surface area contributed by atoms with Crippen LogP contribution in [0.25, 0.3) is 22.4 Å². The molecule has 2 N–H and O–H groups in total. The number of rotatable bonds is 7. The van der Waals surface area contributed by atoms with Gasteiger partial charge in [0, 0.05) is 25.4 Å². The topological polar surface area (TPSA) is 89.8 Å². The Morgan fingerprint density at radius 2 is 1.97 bits per heavy atom. The number of methoxy groups -OCH3 is 1. The average molecular weight is 420 g/mol. The van der Waals surface area contributed by atoms with Crippen molar-refractivity contribution >= 4 is 34.3 Å². The normalized spacial score (nSPS) is 10.8. The van der Waals surface area contributed by atoms with Crippen molar-refractivity contribution in [1.29, 1.82) is 0 Å². The number of fused-ring (bicyclic) bond motifs is 1. The summed E-state index contributed by atoms with van der Waals surface area (Å²) in [6.45, 7) is 1.88. The highest BCUT2D eigenvalue weighted by atomic mass is 32.1. The summed E-state index contributed by atoms with van der Waals surface area (Å²) in [6.07, 6.45) is 5.48. The Morgan fingerprint density at radius 3 is 2.80 bits per heavy atom. The molecular formula is C21H21N7OS. The van der Waals surface area contributed by atoms with Gasteiger partial charge >= 0.3 is 0 Å². The van der Waals surface area contributed by atoms with Crippen LogP contribution in [0.1, 0.15) is 5.56 Å². The molecule has 0 spiro atoms. The summed E-state index contributed by atoms with van der Waals surface area (Å²) in [6, 6.07) is 13.9. The summed E-state index contributed by atoms with van der Waals surface area (Å²) < 4.78 is 6.88. The summed E-state index contributed by atoms with van der Waals surface area (Å²) in [5, 5.41) is 11.0. The molecular weight excluding hydrogens is 398 g/mol. The Bertz CT molecular complexity index is 1150. The number of nitrogens with zero attached hydrogens (tertiary/aromatic N) is 5. The van der Waals surface area contributed by atoms with E-state index < -0.39 is 0 Å². The van der Waals surface area contributed by atoms with E-state index in [1.807, 2.05) is 41.2 Å². The number of hydrogen-bond donors (Lipinski definition) is 2. The van der Waals surface area contributed by atoms with E-state index in [1.165, 1.54) is 5.56 Å². The molecule has 0 bridgehead atoms. The molecule has 0 aliphatic rings. The van der Waals surface area contributed by atoms with Gasteiger partial charge in [-0.25, -0.2) is 9.97 Å². The summed E-state index contributed by atoms with van der Waals surface area (Å²) in [7, 11) is 1.64. The van der Waals surface area contributed by atoms with Crippen molar-refractivity contribution in [2.24, 2.45) is 0 Å². The third-order valence-electron chi connectivity index (χ3n) is 4.36. The molecule has 9 heteroatoms. The van der Waals surface area contributed by atoms with Crippen molar-refractivity contribution in [1.82, 2.24) is 30.0 Å². The van der Waals surface area contributed by atoms with Gasteiger partial charge in [-0.2, -0.15) is 5.10 Å². The predicted octanol–water partition coefficient (Wildman–Crippen LogP) is 2.87. The standard InChI is InChI=1S/C21H21N7OS/c1-29-10-9-22-21(30)27-19-8-7-17-20(26-19)25-18(12-23-17)16-11-24-28(14-16)13-15-5-3-2-4-6-15/h2-8,11-12,14H,9-10,13H2,1H3,(H2,22,25,26,27,30). The molecule has 8 nitrogen and oxygen atoms in total. The molecule has 152 valence electrons. The van der Waals surface area contributed by atoms with Crippen LogP contribution in [0.3, 0.4) is 0 Å². The fourth-order valence-electron chi connectivity index (χ4n) is 2.89. The second kappa shape index (κ2) is 9.38. The highest BCUT2D eigenvalue weighted by Crippen LogP contribution is 2.19. The van der Waals surface area contributed by atoms with Crippen LogP contribution >= 0.6 is 12.2 Å². The lowest BCUT2D eigenvalue weighted by molar-refractivity contribution is 0.204. The maximum atomic E-state index is 5.27. The smallest absolute Gasteiger partial charge is 0.180 e. The van der Waals surface area contributed by atoms with Crippen molar-refractivity contribution in [2.45, 2.75) is 6.54 Å². The zero-order valence-corrected chi connectivity index (χ0v) is 17.3. The van der Waals surface area contributed by atoms with E-state index >= 15 is 0 Å². The van der Waals surface area contributed by atoms with E-state index in [1.54, 1.807) is 19.5 Å². The minimum Gasteiger partial charge on any atom is -0.383 e. The van der Waals surface area contributed by atoms with E-state index in [9.17, 15) is 0 Å². The lowest BCUT2D eigenvalue weighted by Crippen LogP contribution is -2.31. The van der Waals surface area contributed by atoms with Gasteiger partial charge in [-0.15, -0.1) is 0 Å². The van der Waals surface area contributed by atoms with Gasteiger partial charge in [0.25, 0.3) is 0 Å². The summed E-state index contributed by atoms with van der Waals surface area (Å²) in [5.74, 6) is 0.601. The van der Waals surface area contributed by atoms with Crippen LogP contribution in [0.15, 0.2) is 61.1 Å². The minimum absolute atomic E-state index is 0.477. The van der Waals surface area contributed by atoms with Gasteiger partial charge in [0.15, 0.2) is 10.8 Å². The molecule has 0 aliphatic heterocycles. The second-order valence-corrected chi connectivity index (χ2v) is 6.99. The number of aromatic nitrogens is 5. The number of pyridine rings is 1. The van der Waals surface area contributed by atoms with Crippen LogP contribution in [-0.2, 0) is 11.3 Å². The maximum Gasteiger partial charge on any atom is 0.180 e. The van der Waals surface area contributed by atoms with E-state index in [0.29, 0.717) is 47.5 Å². The van der Waals surface area contributed by atoms with Crippen LogP contribution in [0.4, 0.5) is 5.82 Å². The van der Waals surface area contributed by atoms with Crippen molar-refractivity contribution in [3.05, 3.63) is 66.6 Å². The highest BCUT2D eigenvalue weighted by molar-refractivity contribution is 7.80. The summed E-state index contributed by atoms with van der Waals surface area (Å²) in [4.78, 5) is 13.7. The monoisotopic (exact) mass is 419 g/mol. The number of ether oxygens (including phenoxy) is 1. The van der Waals surface area contributed by atoms with Crippen LogP contribution in [0.5, 0.6) is 0 Å². The number of anilines is 1. The Morgan fingerprint density at radius 1 is 1.10 bits per heavy atom. The fraction of sp³-hybridized carbons (Fsp3) is 0.190. The molecule has 0 aliphatic carbocycles. The van der Waals surface area contributed by atoms with Gasteiger partial charge in [0.1, 0.15) is 11.3 Å². The second-order valence-electron chi connectivity index (χ2n) is 6.58. The van der Waals surface area contributed by atoms with E-state index in [2.05, 4.69) is 42.8 Å². The van der Waals surface area contributed by atoms with Gasteiger partial charge in [0.05, 0.1) is 31.2 Å². The molecule has 0 fully saturated rings. The third kappa shape index (κ3) is 4.94. The van der Waals surface area contributed by atoms with Gasteiger partial charge in [-0.05, 0) is 29.9 Å². The largest absolute Gasteiger partial charge is 0.383 e. The first-order chi connectivity index (χ1) is 14.7. The molecule has 0 radical (unpaired) electrons. The van der Waals surface area contributed by atoms with Crippen molar-refractivity contribution in [2.75, 3.05) is 25.6 Å². The Labute approximate surface area is 179 Å². The zero-order chi connectivity index (χ0) is 20.8.